The second kappa shape index (κ2) is 23.5. The number of benzene rings is 11. The van der Waals surface area contributed by atoms with E-state index >= 15 is 0 Å². The molecule has 0 unspecified atom stereocenters. The molecule has 0 heterocycles. The third-order valence-corrected chi connectivity index (χ3v) is 20.1. The number of rotatable bonds is 24. The van der Waals surface area contributed by atoms with Crippen LogP contribution >= 0.6 is 0 Å². The molecule has 0 bridgehead atoms. The highest BCUT2D eigenvalue weighted by Crippen LogP contribution is 2.58. The highest BCUT2D eigenvalue weighted by atomic mass is 14.5. The summed E-state index contributed by atoms with van der Waals surface area (Å²) in [4.78, 5) is 0. The van der Waals surface area contributed by atoms with Crippen LogP contribution in [-0.2, 0) is 10.8 Å². The number of hydrogen-bond acceptors (Lipinski definition) is 0. The van der Waals surface area contributed by atoms with Crippen LogP contribution in [0.4, 0.5) is 0 Å². The Morgan fingerprint density at radius 2 is 0.524 bits per heavy atom. The van der Waals surface area contributed by atoms with Crippen molar-refractivity contribution in [2.45, 2.75) is 167 Å². The summed E-state index contributed by atoms with van der Waals surface area (Å²) in [5, 5.41) is 10.7. The molecule has 0 amide bonds. The first-order valence-corrected chi connectivity index (χ1v) is 32.3. The lowest BCUT2D eigenvalue weighted by Crippen LogP contribution is -2.25. The molecule has 0 atom stereocenters. The lowest BCUT2D eigenvalue weighted by atomic mass is 9.70. The molecule has 0 fully saturated rings. The van der Waals surface area contributed by atoms with E-state index in [-0.39, 0.29) is 10.8 Å². The first kappa shape index (κ1) is 54.0. The molecular formula is C82H84. The quantitative estimate of drug-likeness (QED) is 0.0321. The van der Waals surface area contributed by atoms with Crippen molar-refractivity contribution >= 4 is 43.1 Å². The highest BCUT2D eigenvalue weighted by molar-refractivity contribution is 6.35. The van der Waals surface area contributed by atoms with Gasteiger partial charge in [0.25, 0.3) is 0 Å². The van der Waals surface area contributed by atoms with Gasteiger partial charge in [-0.15, -0.1) is 0 Å². The molecule has 11 aromatic carbocycles. The fraction of sp³-hybridized carbons (Fsp3) is 0.317. The Hall–Kier alpha value is -7.28. The standard InChI is InChI=1S/C82H84/c1-5-9-13-25-51-81(52-26-14-10-6-2)75-41-23-21-35-65(75)67-45-43-57(55-77(67)81)59-31-17-19-33-61(59)63-47-49-73-74-50-48-64(70-38-30-40-72(80(70)74)71-39-29-37-69(63)79(71)73)62-34-20-18-32-60(62)58-44-46-68-66-36-22-24-42-76(66)82(78(68)56-58,53-27-15-11-7-3)54-28-16-12-8-4/h17-24,29-50,55-56H,5-16,25-28,51-54H2,1-4H3. The molecule has 0 saturated carbocycles. The largest absolute Gasteiger partial charge is 0.0654 e. The van der Waals surface area contributed by atoms with Crippen molar-refractivity contribution in [3.8, 4) is 66.8 Å². The van der Waals surface area contributed by atoms with Crippen LogP contribution in [-0.4, -0.2) is 0 Å². The molecule has 0 spiro atoms. The van der Waals surface area contributed by atoms with Gasteiger partial charge in [0, 0.05) is 10.8 Å². The SMILES string of the molecule is CCCCCCC1(CCCCCC)c2ccccc2-c2ccc(-c3ccccc3-c3ccc4c5ccc(-c6ccccc6-c6ccc7c(c6)C(CCCCCC)(CCCCCC)c6ccccc6-7)c6cccc(c7cccc3c74)c65)cc21. The lowest BCUT2D eigenvalue weighted by molar-refractivity contribution is 0.401. The molecular weight excluding hydrogens is 985 g/mol. The van der Waals surface area contributed by atoms with Crippen LogP contribution in [0, 0.1) is 0 Å². The predicted molar refractivity (Wildman–Crippen MR) is 357 cm³/mol. The molecule has 13 rings (SSSR count). The molecule has 0 N–H and O–H groups in total. The summed E-state index contributed by atoms with van der Waals surface area (Å²) in [5.74, 6) is 0. The van der Waals surface area contributed by atoms with Crippen molar-refractivity contribution in [1.29, 1.82) is 0 Å². The van der Waals surface area contributed by atoms with E-state index in [4.69, 9.17) is 0 Å². The normalized spacial score (nSPS) is 13.8. The zero-order chi connectivity index (χ0) is 55.6. The second-order valence-electron chi connectivity index (χ2n) is 24.9. The van der Waals surface area contributed by atoms with Gasteiger partial charge in [0.15, 0.2) is 0 Å². The molecule has 0 radical (unpaired) electrons. The Balaban J connectivity index is 0.909. The van der Waals surface area contributed by atoms with Gasteiger partial charge in [-0.1, -0.05) is 312 Å². The summed E-state index contributed by atoms with van der Waals surface area (Å²) in [6.45, 7) is 9.35. The van der Waals surface area contributed by atoms with Crippen LogP contribution in [0.15, 0.2) is 194 Å². The zero-order valence-electron chi connectivity index (χ0n) is 49.6. The summed E-state index contributed by atoms with van der Waals surface area (Å²) in [6.07, 6.45) is 25.5. The van der Waals surface area contributed by atoms with Gasteiger partial charge in [0.2, 0.25) is 0 Å². The van der Waals surface area contributed by atoms with E-state index in [0.717, 1.165) is 0 Å². The third kappa shape index (κ3) is 9.28. The maximum atomic E-state index is 2.63. The molecule has 82 heavy (non-hydrogen) atoms. The summed E-state index contributed by atoms with van der Waals surface area (Å²) in [7, 11) is 0. The minimum absolute atomic E-state index is 0.0390. The van der Waals surface area contributed by atoms with Gasteiger partial charge in [-0.2, -0.15) is 0 Å². The van der Waals surface area contributed by atoms with Crippen LogP contribution in [0.1, 0.15) is 178 Å². The Morgan fingerprint density at radius 3 is 0.902 bits per heavy atom. The second-order valence-corrected chi connectivity index (χ2v) is 24.9. The average molecular weight is 1070 g/mol. The molecule has 0 nitrogen and oxygen atoms in total. The first-order chi connectivity index (χ1) is 40.5. The third-order valence-electron chi connectivity index (χ3n) is 20.1. The lowest BCUT2D eigenvalue weighted by Gasteiger charge is -2.33. The highest BCUT2D eigenvalue weighted by Gasteiger charge is 2.44. The van der Waals surface area contributed by atoms with E-state index in [1.807, 2.05) is 0 Å². The maximum absolute atomic E-state index is 2.63. The Kier molecular flexibility index (Phi) is 15.5. The molecule has 412 valence electrons. The van der Waals surface area contributed by atoms with Gasteiger partial charge in [-0.05, 0) is 170 Å². The Bertz CT molecular complexity index is 3760. The van der Waals surface area contributed by atoms with E-state index < -0.39 is 0 Å². The van der Waals surface area contributed by atoms with Gasteiger partial charge in [-0.3, -0.25) is 0 Å². The van der Waals surface area contributed by atoms with Crippen LogP contribution in [0.25, 0.3) is 110 Å². The van der Waals surface area contributed by atoms with Crippen molar-refractivity contribution < 1.29 is 0 Å². The summed E-state index contributed by atoms with van der Waals surface area (Å²) in [6, 6.07) is 76.4. The summed E-state index contributed by atoms with van der Waals surface area (Å²) < 4.78 is 0. The van der Waals surface area contributed by atoms with E-state index in [2.05, 4.69) is 222 Å². The predicted octanol–water partition coefficient (Wildman–Crippen LogP) is 24.8. The number of unbranched alkanes of at least 4 members (excludes halogenated alkanes) is 12. The molecule has 0 saturated heterocycles. The van der Waals surface area contributed by atoms with Crippen LogP contribution in [0.3, 0.4) is 0 Å². The van der Waals surface area contributed by atoms with E-state index in [1.165, 1.54) is 238 Å². The summed E-state index contributed by atoms with van der Waals surface area (Å²) >= 11 is 0. The molecule has 2 aliphatic rings. The van der Waals surface area contributed by atoms with Crippen molar-refractivity contribution in [3.05, 3.63) is 216 Å². The molecule has 0 aromatic heterocycles. The smallest absolute Gasteiger partial charge is 0.0215 e. The summed E-state index contributed by atoms with van der Waals surface area (Å²) in [5.41, 5.74) is 22.6. The van der Waals surface area contributed by atoms with E-state index in [0.29, 0.717) is 0 Å². The Morgan fingerprint density at radius 1 is 0.220 bits per heavy atom. The average Bonchev–Trinajstić information content (AvgIpc) is 1.63. The fourth-order valence-corrected chi connectivity index (χ4v) is 16.1. The van der Waals surface area contributed by atoms with Crippen molar-refractivity contribution in [1.82, 2.24) is 0 Å². The van der Waals surface area contributed by atoms with Crippen molar-refractivity contribution in [3.63, 3.8) is 0 Å². The molecule has 11 aromatic rings. The van der Waals surface area contributed by atoms with Gasteiger partial charge in [0.1, 0.15) is 0 Å². The van der Waals surface area contributed by atoms with Crippen molar-refractivity contribution in [2.24, 2.45) is 0 Å². The van der Waals surface area contributed by atoms with Crippen LogP contribution in [0.2, 0.25) is 0 Å². The number of hydrogen-bond donors (Lipinski definition) is 0. The van der Waals surface area contributed by atoms with Gasteiger partial charge >= 0.3 is 0 Å². The number of fused-ring (bicyclic) bond motifs is 8. The topological polar surface area (TPSA) is 0 Å². The molecule has 2 aliphatic carbocycles. The maximum Gasteiger partial charge on any atom is 0.0215 e. The monoisotopic (exact) mass is 1070 g/mol. The van der Waals surface area contributed by atoms with Gasteiger partial charge in [0.05, 0.1) is 0 Å². The molecule has 0 heteroatoms. The van der Waals surface area contributed by atoms with Gasteiger partial charge < -0.3 is 0 Å². The Labute approximate surface area is 490 Å². The van der Waals surface area contributed by atoms with Crippen LogP contribution in [0.5, 0.6) is 0 Å². The van der Waals surface area contributed by atoms with Gasteiger partial charge in [-0.25, -0.2) is 0 Å². The minimum Gasteiger partial charge on any atom is -0.0654 e. The zero-order valence-corrected chi connectivity index (χ0v) is 49.6. The van der Waals surface area contributed by atoms with Crippen LogP contribution < -0.4 is 0 Å². The van der Waals surface area contributed by atoms with E-state index in [9.17, 15) is 0 Å². The van der Waals surface area contributed by atoms with Crippen molar-refractivity contribution in [2.75, 3.05) is 0 Å². The van der Waals surface area contributed by atoms with E-state index in [1.54, 1.807) is 22.3 Å². The minimum atomic E-state index is 0.0390. The first-order valence-electron chi connectivity index (χ1n) is 32.3. The fourth-order valence-electron chi connectivity index (χ4n) is 16.1. The molecule has 0 aliphatic heterocycles.